The molecule has 1 aromatic rings. The Morgan fingerprint density at radius 2 is 2.00 bits per heavy atom. The zero-order valence-electron chi connectivity index (χ0n) is 10.4. The summed E-state index contributed by atoms with van der Waals surface area (Å²) in [6, 6.07) is 7.07. The van der Waals surface area contributed by atoms with Crippen molar-refractivity contribution >= 4 is 30.9 Å². The van der Waals surface area contributed by atoms with Gasteiger partial charge < -0.3 is 10.2 Å². The highest BCUT2D eigenvalue weighted by atomic mass is 32.1. The van der Waals surface area contributed by atoms with Gasteiger partial charge in [-0.3, -0.25) is 9.52 Å². The fourth-order valence-electron chi connectivity index (χ4n) is 1.40. The van der Waals surface area contributed by atoms with Gasteiger partial charge in [0.1, 0.15) is 0 Å². The number of hydrogen-bond acceptors (Lipinski definition) is 3. The quantitative estimate of drug-likeness (QED) is 0.564. The number of rotatable bonds is 5. The van der Waals surface area contributed by atoms with E-state index in [1.54, 1.807) is 17.0 Å². The lowest BCUT2D eigenvalue weighted by Crippen LogP contribution is -2.28. The Balaban J connectivity index is 2.65. The molecule has 0 bridgehead atoms. The smallest absolute Gasteiger partial charge is 0.329 e. The van der Waals surface area contributed by atoms with Crippen LogP contribution in [-0.2, 0) is 11.3 Å². The number of hydrogen-bond donors (Lipinski definition) is 3. The molecule has 2 N–H and O–H groups in total. The summed E-state index contributed by atoms with van der Waals surface area (Å²) in [5.41, 5.74) is 1.68. The summed E-state index contributed by atoms with van der Waals surface area (Å²) in [6.07, 6.45) is 0.838. The monoisotopic (exact) mass is 267 g/mol. The fourth-order valence-corrected chi connectivity index (χ4v) is 1.46. The molecule has 1 aromatic carbocycles. The molecule has 18 heavy (non-hydrogen) atoms. The van der Waals surface area contributed by atoms with Crippen LogP contribution in [-0.4, -0.2) is 23.4 Å². The van der Waals surface area contributed by atoms with Gasteiger partial charge in [0.2, 0.25) is 6.41 Å². The third-order valence-corrected chi connectivity index (χ3v) is 2.68. The molecular formula is C12H17N3O2S. The molecule has 0 saturated heterocycles. The lowest BCUT2D eigenvalue weighted by atomic mass is 10.2. The molecule has 3 amide bonds. The van der Waals surface area contributed by atoms with E-state index in [1.807, 2.05) is 26.0 Å². The van der Waals surface area contributed by atoms with Crippen molar-refractivity contribution in [2.45, 2.75) is 26.4 Å². The van der Waals surface area contributed by atoms with Gasteiger partial charge in [-0.2, -0.15) is 0 Å². The van der Waals surface area contributed by atoms with Gasteiger partial charge >= 0.3 is 6.03 Å². The van der Waals surface area contributed by atoms with Gasteiger partial charge in [-0.05, 0) is 31.5 Å². The number of anilines is 1. The predicted molar refractivity (Wildman–Crippen MR) is 74.3 cm³/mol. The SMILES string of the molecule is CC(C)N(C=O)Cc1ccc(NC(=O)NS)cc1. The second-order valence-corrected chi connectivity index (χ2v) is 4.36. The molecule has 0 aliphatic rings. The van der Waals surface area contributed by atoms with Crippen molar-refractivity contribution in [3.8, 4) is 0 Å². The predicted octanol–water partition coefficient (Wildman–Crippen LogP) is 2.02. The van der Waals surface area contributed by atoms with Crippen molar-refractivity contribution in [1.29, 1.82) is 0 Å². The Bertz CT molecular complexity index is 406. The lowest BCUT2D eigenvalue weighted by molar-refractivity contribution is -0.120. The van der Waals surface area contributed by atoms with Crippen LogP contribution in [0.25, 0.3) is 0 Å². The molecule has 0 spiro atoms. The van der Waals surface area contributed by atoms with Crippen LogP contribution in [0.3, 0.4) is 0 Å². The zero-order valence-corrected chi connectivity index (χ0v) is 11.3. The summed E-state index contributed by atoms with van der Waals surface area (Å²) in [4.78, 5) is 23.6. The topological polar surface area (TPSA) is 61.4 Å². The summed E-state index contributed by atoms with van der Waals surface area (Å²) >= 11 is 3.64. The van der Waals surface area contributed by atoms with Crippen LogP contribution in [0.1, 0.15) is 19.4 Å². The second kappa shape index (κ2) is 6.90. The number of carbonyl (C=O) groups is 2. The molecule has 98 valence electrons. The Labute approximate surface area is 112 Å². The average Bonchev–Trinajstić information content (AvgIpc) is 2.37. The van der Waals surface area contributed by atoms with Gasteiger partial charge in [0.15, 0.2) is 0 Å². The number of urea groups is 1. The van der Waals surface area contributed by atoms with Crippen LogP contribution >= 0.6 is 12.8 Å². The maximum atomic E-state index is 11.0. The molecule has 0 saturated carbocycles. The highest BCUT2D eigenvalue weighted by Gasteiger charge is 2.07. The number of nitrogens with zero attached hydrogens (tertiary/aromatic N) is 1. The summed E-state index contributed by atoms with van der Waals surface area (Å²) in [7, 11) is 0. The van der Waals surface area contributed by atoms with E-state index in [2.05, 4.69) is 22.9 Å². The van der Waals surface area contributed by atoms with E-state index in [0.29, 0.717) is 12.2 Å². The Hall–Kier alpha value is -1.69. The van der Waals surface area contributed by atoms with Crippen LogP contribution < -0.4 is 10.0 Å². The normalized spacial score (nSPS) is 10.0. The van der Waals surface area contributed by atoms with Crippen molar-refractivity contribution in [2.75, 3.05) is 5.32 Å². The number of nitrogens with one attached hydrogen (secondary N) is 2. The average molecular weight is 267 g/mol. The molecule has 0 atom stereocenters. The maximum absolute atomic E-state index is 11.0. The summed E-state index contributed by atoms with van der Waals surface area (Å²) in [6.45, 7) is 4.48. The molecule has 0 unspecified atom stereocenters. The first-order chi connectivity index (χ1) is 8.56. The van der Waals surface area contributed by atoms with E-state index in [4.69, 9.17) is 0 Å². The number of carbonyl (C=O) groups excluding carboxylic acids is 2. The number of amides is 3. The number of thiol groups is 1. The van der Waals surface area contributed by atoms with Crippen molar-refractivity contribution in [3.05, 3.63) is 29.8 Å². The summed E-state index contributed by atoms with van der Waals surface area (Å²) < 4.78 is 2.17. The standard InChI is InChI=1S/C12H17N3O2S/c1-9(2)15(8-16)7-10-3-5-11(6-4-10)13-12(17)14-18/h3-6,8-9,18H,7H2,1-2H3,(H2,13,14,17). The van der Waals surface area contributed by atoms with Crippen molar-refractivity contribution in [1.82, 2.24) is 9.62 Å². The molecule has 1 rings (SSSR count). The van der Waals surface area contributed by atoms with Crippen molar-refractivity contribution in [2.24, 2.45) is 0 Å². The highest BCUT2D eigenvalue weighted by molar-refractivity contribution is 7.78. The van der Waals surface area contributed by atoms with E-state index in [1.165, 1.54) is 0 Å². The van der Waals surface area contributed by atoms with E-state index in [-0.39, 0.29) is 12.1 Å². The Kier molecular flexibility index (Phi) is 5.51. The Morgan fingerprint density at radius 3 is 2.44 bits per heavy atom. The summed E-state index contributed by atoms with van der Waals surface area (Å²) in [5, 5.41) is 2.60. The highest BCUT2D eigenvalue weighted by Crippen LogP contribution is 2.12. The molecule has 0 radical (unpaired) electrons. The lowest BCUT2D eigenvalue weighted by Gasteiger charge is -2.21. The van der Waals surface area contributed by atoms with Gasteiger partial charge in [-0.1, -0.05) is 24.9 Å². The molecule has 5 nitrogen and oxygen atoms in total. The van der Waals surface area contributed by atoms with Crippen molar-refractivity contribution in [3.63, 3.8) is 0 Å². The third-order valence-electron chi connectivity index (χ3n) is 2.48. The van der Waals surface area contributed by atoms with E-state index in [0.717, 1.165) is 12.0 Å². The van der Waals surface area contributed by atoms with Gasteiger partial charge in [-0.15, -0.1) is 0 Å². The third kappa shape index (κ3) is 4.29. The fraction of sp³-hybridized carbons (Fsp3) is 0.333. The van der Waals surface area contributed by atoms with Crippen LogP contribution in [0, 0.1) is 0 Å². The Morgan fingerprint density at radius 1 is 1.39 bits per heavy atom. The molecule has 0 aliphatic carbocycles. The number of benzene rings is 1. The molecule has 0 fully saturated rings. The molecule has 0 heterocycles. The van der Waals surface area contributed by atoms with Gasteiger partial charge in [0.05, 0.1) is 0 Å². The zero-order chi connectivity index (χ0) is 13.5. The minimum atomic E-state index is -0.386. The van der Waals surface area contributed by atoms with Crippen LogP contribution in [0.2, 0.25) is 0 Å². The molecule has 6 heteroatoms. The molecule has 0 aliphatic heterocycles. The maximum Gasteiger partial charge on any atom is 0.329 e. The second-order valence-electron chi connectivity index (χ2n) is 4.13. The molecular weight excluding hydrogens is 250 g/mol. The largest absolute Gasteiger partial charge is 0.339 e. The van der Waals surface area contributed by atoms with Gasteiger partial charge in [0, 0.05) is 18.3 Å². The van der Waals surface area contributed by atoms with Gasteiger partial charge in [-0.25, -0.2) is 4.79 Å². The van der Waals surface area contributed by atoms with E-state index < -0.39 is 0 Å². The van der Waals surface area contributed by atoms with Crippen molar-refractivity contribution < 1.29 is 9.59 Å². The first-order valence-electron chi connectivity index (χ1n) is 5.58. The van der Waals surface area contributed by atoms with Crippen LogP contribution in [0.15, 0.2) is 24.3 Å². The minimum Gasteiger partial charge on any atom is -0.339 e. The molecule has 0 aromatic heterocycles. The van der Waals surface area contributed by atoms with Gasteiger partial charge in [0.25, 0.3) is 0 Å². The van der Waals surface area contributed by atoms with Crippen LogP contribution in [0.4, 0.5) is 10.5 Å². The minimum absolute atomic E-state index is 0.162. The summed E-state index contributed by atoms with van der Waals surface area (Å²) in [5.74, 6) is 0. The first-order valence-corrected chi connectivity index (χ1v) is 6.02. The van der Waals surface area contributed by atoms with E-state index in [9.17, 15) is 9.59 Å². The first kappa shape index (κ1) is 14.4. The van der Waals surface area contributed by atoms with E-state index >= 15 is 0 Å². The van der Waals surface area contributed by atoms with Crippen LogP contribution in [0.5, 0.6) is 0 Å².